The molecule has 1 aromatic rings. The summed E-state index contributed by atoms with van der Waals surface area (Å²) in [4.78, 5) is 7.63. The number of nitrogens with one attached hydrogen (secondary N) is 1. The average Bonchev–Trinajstić information content (AvgIpc) is 2.01. The molecule has 1 heterocycles. The Balaban J connectivity index is 2.54. The monoisotopic (exact) mass is 215 g/mol. The number of hydrogen-bond donors (Lipinski definition) is 3. The van der Waals surface area contributed by atoms with Gasteiger partial charge in [0.1, 0.15) is 11.6 Å². The van der Waals surface area contributed by atoms with Crippen molar-refractivity contribution >= 4 is 28.4 Å². The summed E-state index contributed by atoms with van der Waals surface area (Å²) in [6.07, 6.45) is 1.64. The zero-order chi connectivity index (χ0) is 10.6. The number of nitrogens with zero attached hydrogens (tertiary/aromatic N) is 2. The zero-order valence-electron chi connectivity index (χ0n) is 7.86. The normalized spacial score (nSPS) is 12.4. The highest BCUT2D eigenvalue weighted by Gasteiger charge is 1.99. The van der Waals surface area contributed by atoms with Crippen molar-refractivity contribution < 1.29 is 4.21 Å². The third-order valence-corrected chi connectivity index (χ3v) is 2.24. The van der Waals surface area contributed by atoms with Crippen LogP contribution < -0.4 is 16.8 Å². The lowest BCUT2D eigenvalue weighted by Crippen LogP contribution is -2.12. The lowest BCUT2D eigenvalue weighted by atomic mass is 10.5. The highest BCUT2D eigenvalue weighted by molar-refractivity contribution is 7.84. The number of nitrogen functional groups attached to an aromatic ring is 2. The number of hydrogen-bond acceptors (Lipinski definition) is 6. The van der Waals surface area contributed by atoms with E-state index in [0.717, 1.165) is 0 Å². The van der Waals surface area contributed by atoms with Crippen LogP contribution in [0.3, 0.4) is 0 Å². The van der Waals surface area contributed by atoms with Crippen molar-refractivity contribution in [2.24, 2.45) is 0 Å². The highest BCUT2D eigenvalue weighted by Crippen LogP contribution is 2.08. The van der Waals surface area contributed by atoms with Gasteiger partial charge in [-0.2, -0.15) is 9.97 Å². The molecule has 1 unspecified atom stereocenters. The first-order valence-electron chi connectivity index (χ1n) is 4.02. The maximum atomic E-state index is 10.8. The zero-order valence-corrected chi connectivity index (χ0v) is 8.67. The minimum absolute atomic E-state index is 0.130. The molecule has 6 nitrogen and oxygen atoms in total. The van der Waals surface area contributed by atoms with Crippen LogP contribution in [-0.4, -0.2) is 32.7 Å². The van der Waals surface area contributed by atoms with Gasteiger partial charge in [-0.05, 0) is 0 Å². The van der Waals surface area contributed by atoms with E-state index in [1.54, 1.807) is 12.3 Å². The van der Waals surface area contributed by atoms with E-state index in [2.05, 4.69) is 15.3 Å². The van der Waals surface area contributed by atoms with Crippen molar-refractivity contribution in [3.8, 4) is 0 Å². The molecule has 0 aliphatic carbocycles. The summed E-state index contributed by atoms with van der Waals surface area (Å²) in [7, 11) is -0.818. The Kier molecular flexibility index (Phi) is 3.63. The molecule has 0 aliphatic heterocycles. The second-order valence-electron chi connectivity index (χ2n) is 2.74. The van der Waals surface area contributed by atoms with Crippen LogP contribution in [-0.2, 0) is 10.8 Å². The van der Waals surface area contributed by atoms with Crippen molar-refractivity contribution in [2.45, 2.75) is 0 Å². The van der Waals surface area contributed by atoms with Crippen molar-refractivity contribution in [1.29, 1.82) is 0 Å². The van der Waals surface area contributed by atoms with Gasteiger partial charge in [0.05, 0.1) is 0 Å². The number of rotatable bonds is 4. The van der Waals surface area contributed by atoms with E-state index < -0.39 is 10.8 Å². The fourth-order valence-corrected chi connectivity index (χ4v) is 1.29. The minimum atomic E-state index is -0.818. The third kappa shape index (κ3) is 3.56. The van der Waals surface area contributed by atoms with E-state index in [-0.39, 0.29) is 5.95 Å². The van der Waals surface area contributed by atoms with Crippen molar-refractivity contribution in [2.75, 3.05) is 35.3 Å². The molecule has 1 rings (SSSR count). The molecule has 0 bridgehead atoms. The van der Waals surface area contributed by atoms with Crippen LogP contribution in [0.15, 0.2) is 6.07 Å². The van der Waals surface area contributed by atoms with E-state index in [0.29, 0.717) is 23.9 Å². The van der Waals surface area contributed by atoms with E-state index in [1.807, 2.05) is 0 Å². The highest BCUT2D eigenvalue weighted by atomic mass is 32.2. The van der Waals surface area contributed by atoms with Gasteiger partial charge in [-0.3, -0.25) is 4.21 Å². The van der Waals surface area contributed by atoms with Crippen LogP contribution in [0.25, 0.3) is 0 Å². The lowest BCUT2D eigenvalue weighted by Gasteiger charge is -2.05. The molecule has 0 aliphatic rings. The SMILES string of the molecule is CS(=O)CCNc1cc(N)nc(N)n1. The maximum Gasteiger partial charge on any atom is 0.223 e. The van der Waals surface area contributed by atoms with Crippen LogP contribution in [0, 0.1) is 0 Å². The Morgan fingerprint density at radius 3 is 2.79 bits per heavy atom. The van der Waals surface area contributed by atoms with Gasteiger partial charge in [0, 0.05) is 35.4 Å². The predicted molar refractivity (Wildman–Crippen MR) is 58.3 cm³/mol. The smallest absolute Gasteiger partial charge is 0.223 e. The van der Waals surface area contributed by atoms with Gasteiger partial charge in [-0.25, -0.2) is 0 Å². The second kappa shape index (κ2) is 4.75. The van der Waals surface area contributed by atoms with Crippen LogP contribution in [0.2, 0.25) is 0 Å². The minimum Gasteiger partial charge on any atom is -0.383 e. The summed E-state index contributed by atoms with van der Waals surface area (Å²) >= 11 is 0. The van der Waals surface area contributed by atoms with Gasteiger partial charge >= 0.3 is 0 Å². The quantitative estimate of drug-likeness (QED) is 0.621. The summed E-state index contributed by atoms with van der Waals surface area (Å²) in [5, 5.41) is 2.95. The fraction of sp³-hybridized carbons (Fsp3) is 0.429. The largest absolute Gasteiger partial charge is 0.383 e. The molecule has 0 saturated carbocycles. The molecule has 14 heavy (non-hydrogen) atoms. The fourth-order valence-electron chi connectivity index (χ4n) is 0.899. The van der Waals surface area contributed by atoms with E-state index in [1.165, 1.54) is 0 Å². The van der Waals surface area contributed by atoms with E-state index >= 15 is 0 Å². The Labute approximate surface area is 84.6 Å². The lowest BCUT2D eigenvalue weighted by molar-refractivity contribution is 0.687. The average molecular weight is 215 g/mol. The Morgan fingerprint density at radius 1 is 1.50 bits per heavy atom. The Hall–Kier alpha value is -1.37. The van der Waals surface area contributed by atoms with Gasteiger partial charge < -0.3 is 16.8 Å². The van der Waals surface area contributed by atoms with E-state index in [4.69, 9.17) is 11.5 Å². The predicted octanol–water partition coefficient (Wildman–Crippen LogP) is -0.569. The van der Waals surface area contributed by atoms with Crippen LogP contribution in [0.4, 0.5) is 17.6 Å². The molecular formula is C7H13N5OS. The molecule has 0 radical (unpaired) electrons. The maximum absolute atomic E-state index is 10.8. The van der Waals surface area contributed by atoms with Crippen molar-refractivity contribution in [1.82, 2.24) is 9.97 Å². The number of nitrogens with two attached hydrogens (primary N) is 2. The van der Waals surface area contributed by atoms with Gasteiger partial charge in [-0.15, -0.1) is 0 Å². The molecule has 1 aromatic heterocycles. The number of anilines is 3. The summed E-state index contributed by atoms with van der Waals surface area (Å²) in [6.45, 7) is 0.568. The first-order chi connectivity index (χ1) is 6.58. The number of aromatic nitrogens is 2. The van der Waals surface area contributed by atoms with Crippen LogP contribution >= 0.6 is 0 Å². The Morgan fingerprint density at radius 2 is 2.21 bits per heavy atom. The molecule has 0 fully saturated rings. The summed E-state index contributed by atoms with van der Waals surface area (Å²) in [5.41, 5.74) is 10.8. The van der Waals surface area contributed by atoms with E-state index in [9.17, 15) is 4.21 Å². The first kappa shape index (κ1) is 10.7. The van der Waals surface area contributed by atoms with Crippen LogP contribution in [0.1, 0.15) is 0 Å². The topological polar surface area (TPSA) is 107 Å². The molecule has 78 valence electrons. The summed E-state index contributed by atoms with van der Waals surface area (Å²) < 4.78 is 10.8. The third-order valence-electron chi connectivity index (χ3n) is 1.46. The van der Waals surface area contributed by atoms with Gasteiger partial charge in [0.2, 0.25) is 5.95 Å². The molecule has 7 heteroatoms. The molecule has 5 N–H and O–H groups in total. The molecule has 0 amide bonds. The van der Waals surface area contributed by atoms with Crippen LogP contribution in [0.5, 0.6) is 0 Å². The van der Waals surface area contributed by atoms with Crippen molar-refractivity contribution in [3.63, 3.8) is 0 Å². The Bertz CT molecular complexity index is 323. The van der Waals surface area contributed by atoms with Crippen molar-refractivity contribution in [3.05, 3.63) is 6.07 Å². The summed E-state index contributed by atoms with van der Waals surface area (Å²) in [5.74, 6) is 1.56. The van der Waals surface area contributed by atoms with Gasteiger partial charge in [0.15, 0.2) is 0 Å². The molecule has 0 saturated heterocycles. The molecular weight excluding hydrogens is 202 g/mol. The van der Waals surface area contributed by atoms with Gasteiger partial charge in [-0.1, -0.05) is 0 Å². The molecule has 1 atom stereocenters. The standard InChI is InChI=1S/C7H13N5OS/c1-14(13)3-2-10-6-4-5(8)11-7(9)12-6/h4H,2-3H2,1H3,(H5,8,9,10,11,12). The summed E-state index contributed by atoms with van der Waals surface area (Å²) in [6, 6.07) is 1.58. The first-order valence-corrected chi connectivity index (χ1v) is 5.74. The molecule has 0 aromatic carbocycles. The van der Waals surface area contributed by atoms with Gasteiger partial charge in [0.25, 0.3) is 0 Å². The second-order valence-corrected chi connectivity index (χ2v) is 4.29. The molecule has 0 spiro atoms.